The van der Waals surface area contributed by atoms with Crippen molar-refractivity contribution in [2.24, 2.45) is 5.73 Å². The maximum Gasteiger partial charge on any atom is 0.249 e. The van der Waals surface area contributed by atoms with Crippen LogP contribution >= 0.6 is 0 Å². The van der Waals surface area contributed by atoms with Crippen LogP contribution in [-0.4, -0.2) is 17.1 Å². The van der Waals surface area contributed by atoms with E-state index in [4.69, 9.17) is 10.5 Å². The van der Waals surface area contributed by atoms with E-state index in [0.29, 0.717) is 35.0 Å². The summed E-state index contributed by atoms with van der Waals surface area (Å²) in [6.45, 7) is 2.93. The average molecular weight is 361 g/mol. The third kappa shape index (κ3) is 2.91. The highest BCUT2D eigenvalue weighted by Crippen LogP contribution is 2.33. The predicted octanol–water partition coefficient (Wildman–Crippen LogP) is 4.28. The molecule has 5 heteroatoms. The van der Waals surface area contributed by atoms with Crippen LogP contribution in [0.25, 0.3) is 21.8 Å². The second-order valence-corrected chi connectivity index (χ2v) is 6.28. The summed E-state index contributed by atoms with van der Waals surface area (Å²) >= 11 is 0. The molecule has 27 heavy (non-hydrogen) atoms. The molecule has 4 nitrogen and oxygen atoms in total. The number of primary amides is 1. The Morgan fingerprint density at radius 2 is 2.04 bits per heavy atom. The van der Waals surface area contributed by atoms with Crippen molar-refractivity contribution in [2.45, 2.75) is 13.5 Å². The van der Waals surface area contributed by atoms with Crippen molar-refractivity contribution in [3.63, 3.8) is 0 Å². The molecule has 0 spiro atoms. The number of carbonyl (C=O) groups is 1. The molecule has 0 atom stereocenters. The molecule has 0 unspecified atom stereocenters. The summed E-state index contributed by atoms with van der Waals surface area (Å²) in [5.74, 6) is -0.146. The highest BCUT2D eigenvalue weighted by atomic mass is 19.1. The molecule has 0 aliphatic heterocycles. The van der Waals surface area contributed by atoms with Gasteiger partial charge in [0.05, 0.1) is 17.6 Å². The van der Waals surface area contributed by atoms with Gasteiger partial charge in [0.2, 0.25) is 5.91 Å². The van der Waals surface area contributed by atoms with Gasteiger partial charge in [-0.1, -0.05) is 24.3 Å². The van der Waals surface area contributed by atoms with Crippen molar-refractivity contribution in [2.75, 3.05) is 6.61 Å². The van der Waals surface area contributed by atoms with Gasteiger partial charge in [0.25, 0.3) is 0 Å². The minimum absolute atomic E-state index is 0.362. The van der Waals surface area contributed by atoms with Crippen LogP contribution < -0.4 is 10.5 Å². The van der Waals surface area contributed by atoms with Crippen molar-refractivity contribution in [1.29, 1.82) is 0 Å². The molecule has 1 amide bonds. The van der Waals surface area contributed by atoms with Crippen molar-refractivity contribution in [1.82, 2.24) is 4.57 Å². The SMILES string of the molecule is CCOc1cccc(Cn2c3cccc(C(N)=O)c3c3[c]ccc(F)c32)c1. The number of hydrogen-bond donors (Lipinski definition) is 1. The summed E-state index contributed by atoms with van der Waals surface area (Å²) in [5, 5.41) is 1.18. The molecule has 0 saturated carbocycles. The minimum Gasteiger partial charge on any atom is -0.494 e. The molecule has 0 aliphatic rings. The van der Waals surface area contributed by atoms with Gasteiger partial charge in [-0.2, -0.15) is 0 Å². The lowest BCUT2D eigenvalue weighted by molar-refractivity contribution is 0.100. The maximum atomic E-state index is 14.7. The van der Waals surface area contributed by atoms with Crippen LogP contribution in [0.3, 0.4) is 0 Å². The summed E-state index contributed by atoms with van der Waals surface area (Å²) in [6.07, 6.45) is 0. The van der Waals surface area contributed by atoms with Gasteiger partial charge in [0.1, 0.15) is 11.6 Å². The summed E-state index contributed by atoms with van der Waals surface area (Å²) < 4.78 is 22.2. The fourth-order valence-corrected chi connectivity index (χ4v) is 3.52. The molecule has 1 heterocycles. The Kier molecular flexibility index (Phi) is 4.28. The first kappa shape index (κ1) is 17.1. The standard InChI is InChI=1S/C22H18FN2O2/c1-2-27-15-7-3-6-14(12-15)13-25-19-11-5-9-17(22(24)26)20(19)16-8-4-10-18(23)21(16)25/h3-7,9-12H,2,13H2,1H3,(H2,24,26). The maximum absolute atomic E-state index is 14.7. The number of amides is 1. The van der Waals surface area contributed by atoms with Gasteiger partial charge in [0.15, 0.2) is 0 Å². The Labute approximate surface area is 156 Å². The van der Waals surface area contributed by atoms with E-state index >= 15 is 0 Å². The van der Waals surface area contributed by atoms with Crippen molar-refractivity contribution < 1.29 is 13.9 Å². The lowest BCUT2D eigenvalue weighted by atomic mass is 10.1. The number of benzene rings is 3. The van der Waals surface area contributed by atoms with Crippen molar-refractivity contribution in [3.8, 4) is 5.75 Å². The zero-order valence-corrected chi connectivity index (χ0v) is 14.8. The van der Waals surface area contributed by atoms with Crippen molar-refractivity contribution >= 4 is 27.7 Å². The van der Waals surface area contributed by atoms with E-state index in [0.717, 1.165) is 16.8 Å². The molecular formula is C22H18FN2O2. The average Bonchev–Trinajstić information content (AvgIpc) is 2.97. The van der Waals surface area contributed by atoms with E-state index in [9.17, 15) is 9.18 Å². The highest BCUT2D eigenvalue weighted by Gasteiger charge is 2.19. The smallest absolute Gasteiger partial charge is 0.249 e. The number of hydrogen-bond acceptors (Lipinski definition) is 2. The normalized spacial score (nSPS) is 11.2. The first-order valence-corrected chi connectivity index (χ1v) is 8.72. The summed E-state index contributed by atoms with van der Waals surface area (Å²) in [5.41, 5.74) is 8.02. The number of nitrogens with zero attached hydrogens (tertiary/aromatic N) is 1. The third-order valence-electron chi connectivity index (χ3n) is 4.59. The predicted molar refractivity (Wildman–Crippen MR) is 103 cm³/mol. The van der Waals surface area contributed by atoms with Crippen LogP contribution in [0.15, 0.2) is 54.6 Å². The van der Waals surface area contributed by atoms with Gasteiger partial charge in [-0.3, -0.25) is 4.79 Å². The summed E-state index contributed by atoms with van der Waals surface area (Å²) in [6, 6.07) is 18.9. The molecule has 3 aromatic carbocycles. The lowest BCUT2D eigenvalue weighted by Gasteiger charge is -2.10. The summed E-state index contributed by atoms with van der Waals surface area (Å²) in [7, 11) is 0. The number of rotatable bonds is 5. The fraction of sp³-hybridized carbons (Fsp3) is 0.136. The van der Waals surface area contributed by atoms with E-state index < -0.39 is 5.91 Å². The number of carbonyl (C=O) groups excluding carboxylic acids is 1. The lowest BCUT2D eigenvalue weighted by Crippen LogP contribution is -2.11. The molecule has 4 aromatic rings. The molecule has 0 aliphatic carbocycles. The van der Waals surface area contributed by atoms with E-state index in [1.807, 2.05) is 41.8 Å². The van der Waals surface area contributed by atoms with Gasteiger partial charge in [-0.05, 0) is 48.9 Å². The zero-order chi connectivity index (χ0) is 19.0. The fourth-order valence-electron chi connectivity index (χ4n) is 3.52. The molecule has 0 fully saturated rings. The number of fused-ring (bicyclic) bond motifs is 3. The minimum atomic E-state index is -0.546. The molecule has 0 bridgehead atoms. The van der Waals surface area contributed by atoms with E-state index in [1.54, 1.807) is 12.1 Å². The van der Waals surface area contributed by atoms with E-state index in [-0.39, 0.29) is 5.82 Å². The first-order valence-electron chi connectivity index (χ1n) is 8.72. The van der Waals surface area contributed by atoms with Gasteiger partial charge >= 0.3 is 0 Å². The topological polar surface area (TPSA) is 57.2 Å². The number of halogens is 1. The molecule has 2 N–H and O–H groups in total. The Morgan fingerprint density at radius 1 is 1.22 bits per heavy atom. The van der Waals surface area contributed by atoms with Gasteiger partial charge in [-0.15, -0.1) is 0 Å². The molecule has 135 valence electrons. The molecule has 1 radical (unpaired) electrons. The Bertz CT molecular complexity index is 1160. The number of aromatic nitrogens is 1. The number of ether oxygens (including phenoxy) is 1. The Hall–Kier alpha value is -3.34. The second kappa shape index (κ2) is 6.76. The first-order chi connectivity index (χ1) is 13.1. The quantitative estimate of drug-likeness (QED) is 0.577. The van der Waals surface area contributed by atoms with Gasteiger partial charge < -0.3 is 15.0 Å². The van der Waals surface area contributed by atoms with Gasteiger partial charge in [0, 0.05) is 22.9 Å². The van der Waals surface area contributed by atoms with Crippen LogP contribution in [0.1, 0.15) is 22.8 Å². The molecule has 1 aromatic heterocycles. The number of nitrogens with two attached hydrogens (primary N) is 1. The van der Waals surface area contributed by atoms with Crippen LogP contribution in [0, 0.1) is 11.9 Å². The summed E-state index contributed by atoms with van der Waals surface area (Å²) in [4.78, 5) is 11.9. The Balaban J connectivity index is 1.98. The molecule has 0 saturated heterocycles. The van der Waals surface area contributed by atoms with Crippen LogP contribution in [0.4, 0.5) is 4.39 Å². The molecular weight excluding hydrogens is 343 g/mol. The van der Waals surface area contributed by atoms with Crippen LogP contribution in [0.5, 0.6) is 5.75 Å². The van der Waals surface area contributed by atoms with Crippen molar-refractivity contribution in [3.05, 3.63) is 77.6 Å². The van der Waals surface area contributed by atoms with Crippen LogP contribution in [0.2, 0.25) is 0 Å². The zero-order valence-electron chi connectivity index (χ0n) is 14.8. The highest BCUT2D eigenvalue weighted by molar-refractivity contribution is 6.17. The molecule has 4 rings (SSSR count). The van der Waals surface area contributed by atoms with E-state index in [1.165, 1.54) is 12.1 Å². The van der Waals surface area contributed by atoms with E-state index in [2.05, 4.69) is 6.07 Å². The largest absolute Gasteiger partial charge is 0.494 e. The second-order valence-electron chi connectivity index (χ2n) is 6.28. The van der Waals surface area contributed by atoms with Gasteiger partial charge in [-0.25, -0.2) is 4.39 Å². The van der Waals surface area contributed by atoms with Crippen LogP contribution in [-0.2, 0) is 6.54 Å². The Morgan fingerprint density at radius 3 is 2.81 bits per heavy atom. The third-order valence-corrected chi connectivity index (χ3v) is 4.59. The monoisotopic (exact) mass is 361 g/mol.